The van der Waals surface area contributed by atoms with Gasteiger partial charge in [0.15, 0.2) is 0 Å². The summed E-state index contributed by atoms with van der Waals surface area (Å²) in [5.41, 5.74) is 0.525. The van der Waals surface area contributed by atoms with E-state index in [1.54, 1.807) is 13.3 Å². The summed E-state index contributed by atoms with van der Waals surface area (Å²) in [5.74, 6) is 5.47. The van der Waals surface area contributed by atoms with Crippen molar-refractivity contribution in [3.63, 3.8) is 0 Å². The molecule has 1 unspecified atom stereocenters. The third-order valence-corrected chi connectivity index (χ3v) is 10.5. The van der Waals surface area contributed by atoms with Gasteiger partial charge in [-0.1, -0.05) is 13.8 Å². The summed E-state index contributed by atoms with van der Waals surface area (Å²) in [6, 6.07) is 2.20. The molecule has 4 aliphatic carbocycles. The number of methoxy groups -OCH3 is 1. The average Bonchev–Trinajstić information content (AvgIpc) is 3.36. The van der Waals surface area contributed by atoms with Gasteiger partial charge in [0.2, 0.25) is 0 Å². The zero-order chi connectivity index (χ0) is 22.5. The lowest BCUT2D eigenvalue weighted by molar-refractivity contribution is -0.126. The first kappa shape index (κ1) is 22.4. The molecule has 32 heavy (non-hydrogen) atoms. The van der Waals surface area contributed by atoms with E-state index < -0.39 is 5.60 Å². The number of hydrogen-bond donors (Lipinski definition) is 1. The summed E-state index contributed by atoms with van der Waals surface area (Å²) in [7, 11) is 1.72. The Balaban J connectivity index is 1.27. The van der Waals surface area contributed by atoms with E-state index >= 15 is 0 Å². The highest BCUT2D eigenvalue weighted by molar-refractivity contribution is 5.21. The van der Waals surface area contributed by atoms with Crippen LogP contribution in [0.4, 0.5) is 0 Å². The number of rotatable bonds is 5. The standard InChI is InChI=1S/C27H41N3O2/c1-18(15-30-16-19(13-28)14-29-30)24-6-7-25-23-5-4-20-12-27(31,17-32-3)11-9-21(20)22(23)8-10-26(24,25)2/h14,16,18,20-25,31H,4-12,15,17H2,1-3H3/t18-,20+,21-,22+,23+,24?,25-,26+,27+/m0/s1. The summed E-state index contributed by atoms with van der Waals surface area (Å²) < 4.78 is 7.34. The molecule has 4 aliphatic rings. The summed E-state index contributed by atoms with van der Waals surface area (Å²) in [6.45, 7) is 6.44. The summed E-state index contributed by atoms with van der Waals surface area (Å²) in [4.78, 5) is 0. The van der Waals surface area contributed by atoms with Crippen molar-refractivity contribution >= 4 is 0 Å². The van der Waals surface area contributed by atoms with Crippen molar-refractivity contribution in [3.05, 3.63) is 18.0 Å². The number of aliphatic hydroxyl groups is 1. The molecule has 5 heteroatoms. The molecule has 5 rings (SSSR count). The van der Waals surface area contributed by atoms with Crippen molar-refractivity contribution < 1.29 is 9.84 Å². The number of aromatic nitrogens is 2. The van der Waals surface area contributed by atoms with Crippen LogP contribution in [0.3, 0.4) is 0 Å². The van der Waals surface area contributed by atoms with Crippen LogP contribution < -0.4 is 0 Å². The van der Waals surface area contributed by atoms with E-state index in [1.165, 1.54) is 44.9 Å². The van der Waals surface area contributed by atoms with Crippen molar-refractivity contribution in [2.75, 3.05) is 13.7 Å². The van der Waals surface area contributed by atoms with Gasteiger partial charge in [0.25, 0.3) is 0 Å². The quantitative estimate of drug-likeness (QED) is 0.698. The van der Waals surface area contributed by atoms with Crippen LogP contribution in [0.5, 0.6) is 0 Å². The molecule has 176 valence electrons. The minimum Gasteiger partial charge on any atom is -0.387 e. The van der Waals surface area contributed by atoms with Gasteiger partial charge in [-0.2, -0.15) is 10.4 Å². The fraction of sp³-hybridized carbons (Fsp3) is 0.852. The highest BCUT2D eigenvalue weighted by atomic mass is 16.5. The van der Waals surface area contributed by atoms with E-state index in [1.807, 2.05) is 10.9 Å². The van der Waals surface area contributed by atoms with Crippen molar-refractivity contribution in [1.29, 1.82) is 5.26 Å². The van der Waals surface area contributed by atoms with Gasteiger partial charge in [-0.3, -0.25) is 4.68 Å². The minimum atomic E-state index is -0.586. The lowest BCUT2D eigenvalue weighted by Gasteiger charge is -2.57. The molecular weight excluding hydrogens is 398 g/mol. The lowest BCUT2D eigenvalue weighted by atomic mass is 9.48. The van der Waals surface area contributed by atoms with Crippen molar-refractivity contribution in [2.24, 2.45) is 46.8 Å². The SMILES string of the molecule is COC[C@@]1(O)CC[C@H]2[C@H](CC[C@@H]3[C@@H]2CC[C@]2(C)C([C@@H](C)Cn4cc(C#N)cn4)CC[C@@H]32)C1. The van der Waals surface area contributed by atoms with Gasteiger partial charge in [0.1, 0.15) is 6.07 Å². The zero-order valence-corrected chi connectivity index (χ0v) is 20.2. The Morgan fingerprint density at radius 2 is 2.00 bits per heavy atom. The fourth-order valence-electron chi connectivity index (χ4n) is 9.28. The maximum Gasteiger partial charge on any atom is 0.102 e. The van der Waals surface area contributed by atoms with E-state index in [2.05, 4.69) is 25.0 Å². The normalized spacial score (nSPS) is 44.2. The Labute approximate surface area is 193 Å². The Bertz CT molecular complexity index is 861. The third kappa shape index (κ3) is 3.72. The van der Waals surface area contributed by atoms with Gasteiger partial charge in [0.05, 0.1) is 24.0 Å². The highest BCUT2D eigenvalue weighted by Gasteiger charge is 2.58. The molecule has 0 radical (unpaired) electrons. The van der Waals surface area contributed by atoms with Gasteiger partial charge in [-0.25, -0.2) is 0 Å². The average molecular weight is 440 g/mol. The molecule has 0 amide bonds. The van der Waals surface area contributed by atoms with Crippen molar-refractivity contribution in [1.82, 2.24) is 9.78 Å². The molecule has 1 N–H and O–H groups in total. The molecule has 0 bridgehead atoms. The second kappa shape index (κ2) is 8.44. The Kier molecular flexibility index (Phi) is 5.91. The minimum absolute atomic E-state index is 0.448. The maximum atomic E-state index is 11.0. The molecule has 0 aromatic carbocycles. The number of hydrogen-bond acceptors (Lipinski definition) is 4. The summed E-state index contributed by atoms with van der Waals surface area (Å²) >= 11 is 0. The van der Waals surface area contributed by atoms with Crippen LogP contribution in [0, 0.1) is 58.2 Å². The summed E-state index contributed by atoms with van der Waals surface area (Å²) in [5, 5.41) is 24.5. The molecular formula is C27H41N3O2. The topological polar surface area (TPSA) is 71.1 Å². The van der Waals surface area contributed by atoms with Crippen LogP contribution in [0.2, 0.25) is 0 Å². The Morgan fingerprint density at radius 1 is 1.19 bits per heavy atom. The van der Waals surface area contributed by atoms with Crippen LogP contribution in [-0.4, -0.2) is 34.2 Å². The van der Waals surface area contributed by atoms with Crippen molar-refractivity contribution in [2.45, 2.75) is 83.8 Å². The number of ether oxygens (including phenoxy) is 1. The molecule has 4 fully saturated rings. The van der Waals surface area contributed by atoms with Crippen LogP contribution in [0.25, 0.3) is 0 Å². The molecule has 0 saturated heterocycles. The van der Waals surface area contributed by atoms with Gasteiger partial charge < -0.3 is 9.84 Å². The first-order valence-electron chi connectivity index (χ1n) is 13.0. The highest BCUT2D eigenvalue weighted by Crippen LogP contribution is 2.65. The van der Waals surface area contributed by atoms with Crippen molar-refractivity contribution in [3.8, 4) is 6.07 Å². The van der Waals surface area contributed by atoms with Gasteiger partial charge >= 0.3 is 0 Å². The van der Waals surface area contributed by atoms with Gasteiger partial charge in [0, 0.05) is 19.9 Å². The molecule has 1 heterocycles. The lowest BCUT2D eigenvalue weighted by Crippen LogP contribution is -2.52. The summed E-state index contributed by atoms with van der Waals surface area (Å²) in [6.07, 6.45) is 14.8. The Morgan fingerprint density at radius 3 is 2.75 bits per heavy atom. The van der Waals surface area contributed by atoms with Crippen LogP contribution >= 0.6 is 0 Å². The molecule has 0 spiro atoms. The van der Waals surface area contributed by atoms with E-state index in [-0.39, 0.29) is 0 Å². The number of nitrogens with zero attached hydrogens (tertiary/aromatic N) is 3. The second-order valence-corrected chi connectivity index (χ2v) is 12.1. The molecule has 1 aromatic rings. The monoisotopic (exact) mass is 439 g/mol. The predicted octanol–water partition coefficient (Wildman–Crippen LogP) is 5.04. The molecule has 4 saturated carbocycles. The first-order valence-corrected chi connectivity index (χ1v) is 13.0. The molecule has 1 aromatic heterocycles. The largest absolute Gasteiger partial charge is 0.387 e. The van der Waals surface area contributed by atoms with Gasteiger partial charge in [-0.15, -0.1) is 0 Å². The van der Waals surface area contributed by atoms with E-state index in [9.17, 15) is 5.11 Å². The van der Waals surface area contributed by atoms with E-state index in [4.69, 9.17) is 10.00 Å². The second-order valence-electron chi connectivity index (χ2n) is 12.1. The smallest absolute Gasteiger partial charge is 0.102 e. The fourth-order valence-corrected chi connectivity index (χ4v) is 9.28. The first-order chi connectivity index (χ1) is 15.4. The molecule has 5 nitrogen and oxygen atoms in total. The van der Waals surface area contributed by atoms with Crippen LogP contribution in [0.1, 0.15) is 77.2 Å². The third-order valence-electron chi connectivity index (χ3n) is 10.5. The van der Waals surface area contributed by atoms with Crippen LogP contribution in [-0.2, 0) is 11.3 Å². The molecule has 9 atom stereocenters. The molecule has 0 aliphatic heterocycles. The van der Waals surface area contributed by atoms with Gasteiger partial charge in [-0.05, 0) is 105 Å². The van der Waals surface area contributed by atoms with E-state index in [0.29, 0.717) is 29.4 Å². The number of fused-ring (bicyclic) bond motifs is 5. The van der Waals surface area contributed by atoms with Crippen LogP contribution in [0.15, 0.2) is 12.4 Å². The zero-order valence-electron chi connectivity index (χ0n) is 20.2. The number of nitriles is 1. The van der Waals surface area contributed by atoms with E-state index in [0.717, 1.165) is 49.0 Å². The Hall–Kier alpha value is -1.38. The predicted molar refractivity (Wildman–Crippen MR) is 124 cm³/mol. The maximum absolute atomic E-state index is 11.0.